The van der Waals surface area contributed by atoms with E-state index in [9.17, 15) is 9.90 Å². The van der Waals surface area contributed by atoms with Crippen molar-refractivity contribution in [3.05, 3.63) is 29.3 Å². The van der Waals surface area contributed by atoms with E-state index < -0.39 is 6.03 Å². The zero-order chi connectivity index (χ0) is 16.9. The smallest absolute Gasteiger partial charge is 0.332 e. The van der Waals surface area contributed by atoms with Gasteiger partial charge < -0.3 is 10.8 Å². The summed E-state index contributed by atoms with van der Waals surface area (Å²) in [6.45, 7) is 2.31. The fraction of sp³-hybridized carbons (Fsp3) is 0.579. The first-order valence-corrected chi connectivity index (χ1v) is 8.93. The van der Waals surface area contributed by atoms with Gasteiger partial charge in [0.25, 0.3) is 0 Å². The standard InChI is InChI=1S/C19H25N3O2/c1-19-9-8-14-13-5-3-12(23)10-11(13)2-4-15(14)16(19)6-7-17(19)21-22-18(20)24/h3,5,10,14-16,23H,2,4,6-9H2,1H3,(H3,20,22,24)/b21-17+. The van der Waals surface area contributed by atoms with Gasteiger partial charge in [-0.25, -0.2) is 10.2 Å². The Kier molecular flexibility index (Phi) is 3.55. The van der Waals surface area contributed by atoms with Crippen LogP contribution in [-0.4, -0.2) is 16.8 Å². The van der Waals surface area contributed by atoms with Gasteiger partial charge in [-0.3, -0.25) is 0 Å². The molecule has 4 rings (SSSR count). The Balaban J connectivity index is 1.63. The maximum Gasteiger partial charge on any atom is 0.332 e. The molecule has 0 bridgehead atoms. The van der Waals surface area contributed by atoms with E-state index in [4.69, 9.17) is 5.73 Å². The number of hydrazone groups is 1. The quantitative estimate of drug-likeness (QED) is 0.691. The lowest BCUT2D eigenvalue weighted by Gasteiger charge is -2.49. The summed E-state index contributed by atoms with van der Waals surface area (Å²) in [4.78, 5) is 11.0. The molecule has 24 heavy (non-hydrogen) atoms. The molecule has 128 valence electrons. The monoisotopic (exact) mass is 327 g/mol. The van der Waals surface area contributed by atoms with Crippen LogP contribution >= 0.6 is 0 Å². The molecule has 0 aromatic heterocycles. The molecule has 2 fully saturated rings. The minimum absolute atomic E-state index is 0.0814. The van der Waals surface area contributed by atoms with Gasteiger partial charge in [0, 0.05) is 11.1 Å². The molecule has 3 aliphatic rings. The minimum atomic E-state index is -0.588. The zero-order valence-electron chi connectivity index (χ0n) is 14.1. The lowest BCUT2D eigenvalue weighted by atomic mass is 9.55. The van der Waals surface area contributed by atoms with Crippen LogP contribution in [0.5, 0.6) is 5.75 Å². The fourth-order valence-corrected chi connectivity index (χ4v) is 5.66. The fourth-order valence-electron chi connectivity index (χ4n) is 5.66. The summed E-state index contributed by atoms with van der Waals surface area (Å²) in [6.07, 6.45) is 6.56. The number of fused-ring (bicyclic) bond motifs is 5. The van der Waals surface area contributed by atoms with Crippen LogP contribution in [0.1, 0.15) is 56.1 Å². The summed E-state index contributed by atoms with van der Waals surface area (Å²) in [5.41, 5.74) is 11.6. The van der Waals surface area contributed by atoms with Crippen LogP contribution in [0.4, 0.5) is 4.79 Å². The summed E-state index contributed by atoms with van der Waals surface area (Å²) in [7, 11) is 0. The zero-order valence-corrected chi connectivity index (χ0v) is 14.1. The Morgan fingerprint density at radius 3 is 2.96 bits per heavy atom. The Morgan fingerprint density at radius 2 is 2.17 bits per heavy atom. The number of nitrogens with zero attached hydrogens (tertiary/aromatic N) is 1. The first kappa shape index (κ1) is 15.5. The lowest BCUT2D eigenvalue weighted by Crippen LogP contribution is -2.43. The number of urea groups is 1. The third-order valence-corrected chi connectivity index (χ3v) is 6.75. The average molecular weight is 327 g/mol. The molecule has 0 radical (unpaired) electrons. The highest BCUT2D eigenvalue weighted by Crippen LogP contribution is 2.59. The van der Waals surface area contributed by atoms with Gasteiger partial charge in [-0.05, 0) is 79.5 Å². The number of primary amides is 1. The van der Waals surface area contributed by atoms with Crippen molar-refractivity contribution in [3.63, 3.8) is 0 Å². The Morgan fingerprint density at radius 1 is 1.33 bits per heavy atom. The van der Waals surface area contributed by atoms with E-state index in [-0.39, 0.29) is 5.41 Å². The highest BCUT2D eigenvalue weighted by molar-refractivity contribution is 5.93. The summed E-state index contributed by atoms with van der Waals surface area (Å²) in [5.74, 6) is 2.25. The molecule has 0 spiro atoms. The van der Waals surface area contributed by atoms with Crippen molar-refractivity contribution < 1.29 is 9.90 Å². The molecular weight excluding hydrogens is 302 g/mol. The topological polar surface area (TPSA) is 87.7 Å². The summed E-state index contributed by atoms with van der Waals surface area (Å²) in [5, 5.41) is 14.1. The molecule has 0 aliphatic heterocycles. The Labute approximate surface area is 142 Å². The SMILES string of the molecule is CC12CCC3c4ccc(O)cc4CCC3C1CC/C2=N\NC(N)=O. The van der Waals surface area contributed by atoms with E-state index in [1.807, 2.05) is 12.1 Å². The molecule has 4 unspecified atom stereocenters. The van der Waals surface area contributed by atoms with Gasteiger partial charge in [0.15, 0.2) is 0 Å². The average Bonchev–Trinajstić information content (AvgIpc) is 2.89. The minimum Gasteiger partial charge on any atom is -0.508 e. The van der Waals surface area contributed by atoms with Crippen molar-refractivity contribution in [2.24, 2.45) is 28.1 Å². The predicted octanol–water partition coefficient (Wildman–Crippen LogP) is 3.27. The molecule has 0 saturated heterocycles. The summed E-state index contributed by atoms with van der Waals surface area (Å²) < 4.78 is 0. The second kappa shape index (κ2) is 5.50. The Bertz CT molecular complexity index is 715. The molecule has 3 aliphatic carbocycles. The van der Waals surface area contributed by atoms with Gasteiger partial charge in [-0.2, -0.15) is 5.10 Å². The highest BCUT2D eigenvalue weighted by Gasteiger charge is 2.53. The van der Waals surface area contributed by atoms with Gasteiger partial charge in [0.05, 0.1) is 0 Å². The number of phenolic OH excluding ortho intramolecular Hbond substituents is 1. The van der Waals surface area contributed by atoms with E-state index in [0.29, 0.717) is 23.5 Å². The number of hydrogen-bond acceptors (Lipinski definition) is 3. The van der Waals surface area contributed by atoms with E-state index >= 15 is 0 Å². The normalized spacial score (nSPS) is 35.9. The van der Waals surface area contributed by atoms with E-state index in [1.54, 1.807) is 0 Å². The van der Waals surface area contributed by atoms with Crippen molar-refractivity contribution in [1.29, 1.82) is 0 Å². The number of carbonyl (C=O) groups excluding carboxylic acids is 1. The number of rotatable bonds is 1. The number of benzene rings is 1. The second-order valence-corrected chi connectivity index (χ2v) is 7.83. The maximum atomic E-state index is 11.0. The van der Waals surface area contributed by atoms with Crippen molar-refractivity contribution in [2.75, 3.05) is 0 Å². The number of nitrogens with one attached hydrogen (secondary N) is 1. The van der Waals surface area contributed by atoms with Crippen molar-refractivity contribution in [3.8, 4) is 5.75 Å². The third kappa shape index (κ3) is 2.29. The van der Waals surface area contributed by atoms with Crippen LogP contribution in [0.25, 0.3) is 0 Å². The molecule has 5 nitrogen and oxygen atoms in total. The third-order valence-electron chi connectivity index (χ3n) is 6.75. The molecule has 1 aromatic carbocycles. The molecule has 4 N–H and O–H groups in total. The van der Waals surface area contributed by atoms with Crippen LogP contribution in [0, 0.1) is 17.3 Å². The van der Waals surface area contributed by atoms with Crippen molar-refractivity contribution in [1.82, 2.24) is 5.43 Å². The van der Waals surface area contributed by atoms with Gasteiger partial charge in [0.1, 0.15) is 5.75 Å². The van der Waals surface area contributed by atoms with Crippen molar-refractivity contribution >= 4 is 11.7 Å². The van der Waals surface area contributed by atoms with Crippen LogP contribution in [-0.2, 0) is 6.42 Å². The summed E-state index contributed by atoms with van der Waals surface area (Å²) in [6, 6.07) is 5.31. The molecule has 4 atom stereocenters. The van der Waals surface area contributed by atoms with Crippen LogP contribution in [0.2, 0.25) is 0 Å². The van der Waals surface area contributed by atoms with Crippen molar-refractivity contribution in [2.45, 2.75) is 51.4 Å². The molecule has 2 saturated carbocycles. The number of aromatic hydroxyl groups is 1. The first-order chi connectivity index (χ1) is 11.5. The lowest BCUT2D eigenvalue weighted by molar-refractivity contribution is 0.0954. The summed E-state index contributed by atoms with van der Waals surface area (Å²) >= 11 is 0. The van der Waals surface area contributed by atoms with Gasteiger partial charge in [-0.1, -0.05) is 13.0 Å². The number of phenols is 1. The van der Waals surface area contributed by atoms with Crippen LogP contribution in [0.15, 0.2) is 23.3 Å². The molecule has 5 heteroatoms. The number of amides is 2. The largest absolute Gasteiger partial charge is 0.508 e. The van der Waals surface area contributed by atoms with E-state index in [1.165, 1.54) is 17.5 Å². The van der Waals surface area contributed by atoms with Crippen LogP contribution < -0.4 is 11.2 Å². The first-order valence-electron chi connectivity index (χ1n) is 8.93. The highest BCUT2D eigenvalue weighted by atomic mass is 16.3. The Hall–Kier alpha value is -2.04. The number of nitrogens with two attached hydrogens (primary N) is 1. The van der Waals surface area contributed by atoms with E-state index in [0.717, 1.165) is 37.8 Å². The van der Waals surface area contributed by atoms with E-state index in [2.05, 4.69) is 23.5 Å². The molecular formula is C19H25N3O2. The molecule has 1 aromatic rings. The molecule has 2 amide bonds. The van der Waals surface area contributed by atoms with Gasteiger partial charge in [0.2, 0.25) is 0 Å². The number of hydrogen-bond donors (Lipinski definition) is 3. The van der Waals surface area contributed by atoms with Gasteiger partial charge >= 0.3 is 6.03 Å². The van der Waals surface area contributed by atoms with Gasteiger partial charge in [-0.15, -0.1) is 0 Å². The molecule has 0 heterocycles. The number of carbonyl (C=O) groups is 1. The van der Waals surface area contributed by atoms with Crippen LogP contribution in [0.3, 0.4) is 0 Å². The second-order valence-electron chi connectivity index (χ2n) is 7.83. The number of aryl methyl sites for hydroxylation is 1. The predicted molar refractivity (Wildman–Crippen MR) is 92.9 cm³/mol. The maximum absolute atomic E-state index is 11.0.